The van der Waals surface area contributed by atoms with Crippen LogP contribution in [0.25, 0.3) is 5.57 Å². The summed E-state index contributed by atoms with van der Waals surface area (Å²) in [6, 6.07) is 18.1. The first kappa shape index (κ1) is 16.8. The summed E-state index contributed by atoms with van der Waals surface area (Å²) in [4.78, 5) is 0. The molecule has 126 valence electrons. The van der Waals surface area contributed by atoms with Gasteiger partial charge in [-0.2, -0.15) is 0 Å². The monoisotopic (exact) mass is 322 g/mol. The smallest absolute Gasteiger partial charge is 0.115 e. The number of aliphatic hydroxyl groups is 1. The van der Waals surface area contributed by atoms with E-state index in [0.29, 0.717) is 11.7 Å². The van der Waals surface area contributed by atoms with Gasteiger partial charge in [-0.3, -0.25) is 0 Å². The van der Waals surface area contributed by atoms with E-state index in [9.17, 15) is 10.2 Å². The van der Waals surface area contributed by atoms with Crippen LogP contribution in [0.5, 0.6) is 5.75 Å². The molecule has 2 aromatic carbocycles. The molecule has 0 unspecified atom stereocenters. The molecule has 0 radical (unpaired) electrons. The first-order valence-corrected chi connectivity index (χ1v) is 8.98. The molecule has 0 saturated heterocycles. The van der Waals surface area contributed by atoms with Gasteiger partial charge in [0.15, 0.2) is 0 Å². The summed E-state index contributed by atoms with van der Waals surface area (Å²) >= 11 is 0. The molecule has 0 amide bonds. The number of phenolic OH excluding ortho intramolecular Hbond substituents is 1. The summed E-state index contributed by atoms with van der Waals surface area (Å²) in [7, 11) is 0. The van der Waals surface area contributed by atoms with Crippen LogP contribution in [0.3, 0.4) is 0 Å². The molecule has 0 atom stereocenters. The lowest BCUT2D eigenvalue weighted by Gasteiger charge is -2.22. The van der Waals surface area contributed by atoms with Crippen molar-refractivity contribution in [3.63, 3.8) is 0 Å². The van der Waals surface area contributed by atoms with E-state index in [4.69, 9.17) is 0 Å². The van der Waals surface area contributed by atoms with E-state index < -0.39 is 0 Å². The largest absolute Gasteiger partial charge is 0.508 e. The maximum atomic E-state index is 9.65. The second kappa shape index (κ2) is 8.16. The molecule has 1 saturated carbocycles. The van der Waals surface area contributed by atoms with Crippen molar-refractivity contribution in [2.75, 3.05) is 6.61 Å². The number of hydrogen-bond acceptors (Lipinski definition) is 2. The van der Waals surface area contributed by atoms with Crippen LogP contribution in [-0.2, 0) is 0 Å². The van der Waals surface area contributed by atoms with Gasteiger partial charge in [0, 0.05) is 6.61 Å². The molecule has 3 rings (SSSR count). The van der Waals surface area contributed by atoms with Crippen molar-refractivity contribution in [3.05, 3.63) is 71.3 Å². The molecule has 2 heteroatoms. The summed E-state index contributed by atoms with van der Waals surface area (Å²) in [5.74, 6) is 0.907. The van der Waals surface area contributed by atoms with Crippen molar-refractivity contribution in [1.29, 1.82) is 0 Å². The van der Waals surface area contributed by atoms with Gasteiger partial charge in [0.25, 0.3) is 0 Å². The lowest BCUT2D eigenvalue weighted by molar-refractivity contribution is 0.287. The maximum absolute atomic E-state index is 9.65. The van der Waals surface area contributed by atoms with Gasteiger partial charge in [0.05, 0.1) is 0 Å². The zero-order valence-electron chi connectivity index (χ0n) is 14.1. The zero-order valence-corrected chi connectivity index (χ0v) is 14.1. The molecule has 0 spiro atoms. The van der Waals surface area contributed by atoms with Gasteiger partial charge in [0.1, 0.15) is 5.75 Å². The third kappa shape index (κ3) is 3.88. The average molecular weight is 322 g/mol. The normalized spacial score (nSPS) is 16.2. The quantitative estimate of drug-likeness (QED) is 0.771. The van der Waals surface area contributed by atoms with Crippen molar-refractivity contribution in [2.45, 2.75) is 38.5 Å². The first-order chi connectivity index (χ1) is 11.8. The Bertz CT molecular complexity index is 665. The van der Waals surface area contributed by atoms with Crippen LogP contribution in [0.15, 0.2) is 60.2 Å². The molecule has 1 fully saturated rings. The Hall–Kier alpha value is -2.06. The highest BCUT2D eigenvalue weighted by atomic mass is 16.3. The number of hydrogen-bond donors (Lipinski definition) is 2. The van der Waals surface area contributed by atoms with Gasteiger partial charge < -0.3 is 10.2 Å². The number of aliphatic hydroxyl groups excluding tert-OH is 1. The molecule has 0 aliphatic heterocycles. The Labute approximate surface area is 144 Å². The fraction of sp³-hybridized carbons (Fsp3) is 0.364. The van der Waals surface area contributed by atoms with Gasteiger partial charge in [-0.25, -0.2) is 0 Å². The summed E-state index contributed by atoms with van der Waals surface area (Å²) in [6.07, 6.45) is 6.83. The lowest BCUT2D eigenvalue weighted by Crippen LogP contribution is -2.05. The minimum Gasteiger partial charge on any atom is -0.508 e. The molecule has 2 aromatic rings. The van der Waals surface area contributed by atoms with Crippen LogP contribution in [-0.4, -0.2) is 16.8 Å². The Morgan fingerprint density at radius 1 is 0.875 bits per heavy atom. The minimum absolute atomic E-state index is 0.230. The first-order valence-electron chi connectivity index (χ1n) is 8.98. The van der Waals surface area contributed by atoms with Crippen molar-refractivity contribution in [3.8, 4) is 5.75 Å². The van der Waals surface area contributed by atoms with E-state index in [2.05, 4.69) is 24.3 Å². The van der Waals surface area contributed by atoms with Crippen LogP contribution in [0.2, 0.25) is 0 Å². The summed E-state index contributed by atoms with van der Waals surface area (Å²) in [5.41, 5.74) is 5.14. The Morgan fingerprint density at radius 3 is 2.12 bits per heavy atom. The fourth-order valence-corrected chi connectivity index (χ4v) is 3.85. The molecule has 1 aliphatic rings. The molecule has 2 nitrogen and oxygen atoms in total. The summed E-state index contributed by atoms with van der Waals surface area (Å²) in [6.45, 7) is 0.230. The van der Waals surface area contributed by atoms with E-state index in [0.717, 1.165) is 18.4 Å². The van der Waals surface area contributed by atoms with Gasteiger partial charge >= 0.3 is 0 Å². The molecule has 0 heterocycles. The predicted octanol–water partition coefficient (Wildman–Crippen LogP) is 5.16. The molecule has 24 heavy (non-hydrogen) atoms. The third-order valence-electron chi connectivity index (χ3n) is 4.99. The van der Waals surface area contributed by atoms with Crippen molar-refractivity contribution >= 4 is 5.57 Å². The third-order valence-corrected chi connectivity index (χ3v) is 4.99. The highest BCUT2D eigenvalue weighted by Gasteiger charge is 2.23. The Morgan fingerprint density at radius 2 is 1.50 bits per heavy atom. The Balaban J connectivity index is 2.13. The number of benzene rings is 2. The lowest BCUT2D eigenvalue weighted by atomic mass is 9.83. The predicted molar refractivity (Wildman–Crippen MR) is 98.8 cm³/mol. The van der Waals surface area contributed by atoms with Crippen LogP contribution < -0.4 is 0 Å². The molecule has 0 bridgehead atoms. The highest BCUT2D eigenvalue weighted by Crippen LogP contribution is 2.40. The van der Waals surface area contributed by atoms with E-state index >= 15 is 0 Å². The highest BCUT2D eigenvalue weighted by molar-refractivity contribution is 5.82. The van der Waals surface area contributed by atoms with Gasteiger partial charge in [-0.1, -0.05) is 60.9 Å². The number of allylic oxidation sites excluding steroid dienone is 1. The maximum Gasteiger partial charge on any atom is 0.115 e. The topological polar surface area (TPSA) is 40.5 Å². The van der Waals surface area contributed by atoms with E-state index in [1.165, 1.54) is 42.4 Å². The summed E-state index contributed by atoms with van der Waals surface area (Å²) in [5, 5.41) is 19.0. The van der Waals surface area contributed by atoms with Crippen LogP contribution in [0.4, 0.5) is 0 Å². The van der Waals surface area contributed by atoms with Gasteiger partial charge in [0.2, 0.25) is 0 Å². The average Bonchev–Trinajstić information content (AvgIpc) is 3.15. The molecule has 0 aromatic heterocycles. The standard InChI is InChI=1S/C22H26O2/c23-16-6-11-21(17-7-4-5-8-17)22(18-9-2-1-3-10-18)19-12-14-20(24)15-13-19/h1-3,9-10,12-15,17,23-24H,4-8,11,16H2/b22-21+. The summed E-state index contributed by atoms with van der Waals surface area (Å²) < 4.78 is 0. The molecular formula is C22H26O2. The number of rotatable bonds is 6. The van der Waals surface area contributed by atoms with E-state index in [1.807, 2.05) is 18.2 Å². The van der Waals surface area contributed by atoms with Crippen LogP contribution in [0, 0.1) is 5.92 Å². The van der Waals surface area contributed by atoms with Crippen molar-refractivity contribution < 1.29 is 10.2 Å². The fourth-order valence-electron chi connectivity index (χ4n) is 3.85. The second-order valence-electron chi connectivity index (χ2n) is 6.62. The molecule has 2 N–H and O–H groups in total. The number of aromatic hydroxyl groups is 1. The van der Waals surface area contributed by atoms with E-state index in [-0.39, 0.29) is 6.61 Å². The SMILES string of the molecule is OCCC/C(=C(/c1ccccc1)c1ccc(O)cc1)C1CCCC1. The van der Waals surface area contributed by atoms with Crippen molar-refractivity contribution in [1.82, 2.24) is 0 Å². The molecular weight excluding hydrogens is 296 g/mol. The van der Waals surface area contributed by atoms with E-state index in [1.54, 1.807) is 12.1 Å². The van der Waals surface area contributed by atoms with Crippen LogP contribution in [0.1, 0.15) is 49.7 Å². The van der Waals surface area contributed by atoms with Crippen molar-refractivity contribution in [2.24, 2.45) is 5.92 Å². The zero-order chi connectivity index (χ0) is 16.8. The second-order valence-corrected chi connectivity index (χ2v) is 6.62. The minimum atomic E-state index is 0.230. The Kier molecular flexibility index (Phi) is 5.71. The van der Waals surface area contributed by atoms with Crippen LogP contribution >= 0.6 is 0 Å². The number of phenols is 1. The molecule has 1 aliphatic carbocycles. The van der Waals surface area contributed by atoms with Gasteiger partial charge in [-0.15, -0.1) is 0 Å². The van der Waals surface area contributed by atoms with Gasteiger partial charge in [-0.05, 0) is 60.4 Å².